The number of carbonyl (C=O) groups is 1. The van der Waals surface area contributed by atoms with E-state index in [-0.39, 0.29) is 17.7 Å². The van der Waals surface area contributed by atoms with Crippen LogP contribution in [0.5, 0.6) is 5.75 Å². The van der Waals surface area contributed by atoms with Gasteiger partial charge in [0, 0.05) is 32.1 Å². The van der Waals surface area contributed by atoms with E-state index in [1.165, 1.54) is 0 Å². The van der Waals surface area contributed by atoms with Gasteiger partial charge < -0.3 is 20.3 Å². The molecule has 1 aliphatic heterocycles. The average molecular weight is 350 g/mol. The second-order valence-electron chi connectivity index (χ2n) is 6.02. The molecule has 1 aromatic rings. The van der Waals surface area contributed by atoms with Gasteiger partial charge in [-0.15, -0.1) is 0 Å². The van der Waals surface area contributed by atoms with E-state index in [0.29, 0.717) is 13.1 Å². The molecule has 24 heavy (non-hydrogen) atoms. The summed E-state index contributed by atoms with van der Waals surface area (Å²) in [4.78, 5) is 14.7. The van der Waals surface area contributed by atoms with Gasteiger partial charge in [-0.1, -0.05) is 19.1 Å². The summed E-state index contributed by atoms with van der Waals surface area (Å²) in [5.74, 6) is 0.967. The van der Waals surface area contributed by atoms with Gasteiger partial charge in [0.15, 0.2) is 5.11 Å². The van der Waals surface area contributed by atoms with Gasteiger partial charge in [0.2, 0.25) is 5.91 Å². The lowest BCUT2D eigenvalue weighted by atomic mass is 9.88. The van der Waals surface area contributed by atoms with Crippen molar-refractivity contribution >= 4 is 23.2 Å². The van der Waals surface area contributed by atoms with Gasteiger partial charge in [-0.2, -0.15) is 0 Å². The van der Waals surface area contributed by atoms with Crippen molar-refractivity contribution in [3.05, 3.63) is 29.8 Å². The molecule has 0 unspecified atom stereocenters. The van der Waals surface area contributed by atoms with Crippen molar-refractivity contribution in [2.24, 2.45) is 5.92 Å². The Balaban J connectivity index is 2.18. The Kier molecular flexibility index (Phi) is 6.85. The van der Waals surface area contributed by atoms with E-state index in [2.05, 4.69) is 22.5 Å². The average Bonchev–Trinajstić information content (AvgIpc) is 3.05. The van der Waals surface area contributed by atoms with Gasteiger partial charge in [0.05, 0.1) is 13.0 Å². The second-order valence-corrected chi connectivity index (χ2v) is 6.40. The third-order valence-corrected chi connectivity index (χ3v) is 4.77. The normalized spacial score (nSPS) is 19.9. The number of rotatable bonds is 6. The highest BCUT2D eigenvalue weighted by atomic mass is 32.1. The first-order chi connectivity index (χ1) is 11.6. The Bertz CT molecular complexity index is 562. The molecule has 0 saturated carbocycles. The lowest BCUT2D eigenvalue weighted by Crippen LogP contribution is -2.39. The zero-order chi connectivity index (χ0) is 17.5. The van der Waals surface area contributed by atoms with Crippen LogP contribution in [-0.2, 0) is 4.79 Å². The van der Waals surface area contributed by atoms with Crippen molar-refractivity contribution in [2.75, 3.05) is 33.3 Å². The van der Waals surface area contributed by atoms with Crippen molar-refractivity contribution in [2.45, 2.75) is 26.2 Å². The monoisotopic (exact) mass is 349 g/mol. The maximum absolute atomic E-state index is 12.6. The minimum Gasteiger partial charge on any atom is -0.497 e. The van der Waals surface area contributed by atoms with Crippen LogP contribution in [0.15, 0.2) is 24.3 Å². The van der Waals surface area contributed by atoms with E-state index in [9.17, 15) is 4.79 Å². The van der Waals surface area contributed by atoms with Crippen molar-refractivity contribution in [1.29, 1.82) is 0 Å². The lowest BCUT2D eigenvalue weighted by molar-refractivity contribution is -0.124. The van der Waals surface area contributed by atoms with Crippen LogP contribution in [0.3, 0.4) is 0 Å². The largest absolute Gasteiger partial charge is 0.497 e. The first kappa shape index (κ1) is 18.5. The molecular formula is C18H27N3O2S. The van der Waals surface area contributed by atoms with Crippen LogP contribution in [0.4, 0.5) is 0 Å². The summed E-state index contributed by atoms with van der Waals surface area (Å²) in [7, 11) is 1.65. The molecule has 2 atom stereocenters. The number of ether oxygens (including phenoxy) is 1. The molecule has 0 spiro atoms. The van der Waals surface area contributed by atoms with Crippen molar-refractivity contribution in [3.8, 4) is 5.75 Å². The number of benzene rings is 1. The van der Waals surface area contributed by atoms with Gasteiger partial charge in [0.25, 0.3) is 0 Å². The van der Waals surface area contributed by atoms with E-state index in [1.54, 1.807) is 7.11 Å². The fourth-order valence-electron chi connectivity index (χ4n) is 3.07. The summed E-state index contributed by atoms with van der Waals surface area (Å²) < 4.78 is 5.23. The third-order valence-electron chi connectivity index (χ3n) is 4.37. The number of hydrogen-bond acceptors (Lipinski definition) is 3. The number of nitrogens with one attached hydrogen (secondary N) is 2. The van der Waals surface area contributed by atoms with Crippen molar-refractivity contribution in [3.63, 3.8) is 0 Å². The minimum atomic E-state index is -0.0958. The number of thiocarbonyl (C=S) groups is 1. The van der Waals surface area contributed by atoms with E-state index < -0.39 is 0 Å². The van der Waals surface area contributed by atoms with E-state index >= 15 is 0 Å². The second kappa shape index (κ2) is 8.87. The highest BCUT2D eigenvalue weighted by Crippen LogP contribution is 2.33. The zero-order valence-corrected chi connectivity index (χ0v) is 15.5. The summed E-state index contributed by atoms with van der Waals surface area (Å²) in [5, 5.41) is 6.94. The Morgan fingerprint density at radius 2 is 1.96 bits per heavy atom. The van der Waals surface area contributed by atoms with Crippen LogP contribution in [0.2, 0.25) is 0 Å². The smallest absolute Gasteiger partial charge is 0.225 e. The number of likely N-dealkylation sites (tertiary alicyclic amines) is 1. The molecule has 1 amide bonds. The fraction of sp³-hybridized carbons (Fsp3) is 0.556. The molecule has 1 saturated heterocycles. The summed E-state index contributed by atoms with van der Waals surface area (Å²) in [6.45, 7) is 6.98. The molecule has 0 aromatic heterocycles. The maximum Gasteiger partial charge on any atom is 0.225 e. The van der Waals surface area contributed by atoms with E-state index in [1.807, 2.05) is 31.2 Å². The van der Waals surface area contributed by atoms with Crippen LogP contribution in [0, 0.1) is 5.92 Å². The predicted octanol–water partition coefficient (Wildman–Crippen LogP) is 2.13. The van der Waals surface area contributed by atoms with E-state index in [0.717, 1.165) is 35.9 Å². The molecule has 2 rings (SSSR count). The van der Waals surface area contributed by atoms with Gasteiger partial charge in [-0.05, 0) is 43.3 Å². The van der Waals surface area contributed by atoms with Crippen LogP contribution in [0.1, 0.15) is 31.7 Å². The first-order valence-electron chi connectivity index (χ1n) is 8.55. The summed E-state index contributed by atoms with van der Waals surface area (Å²) in [5.41, 5.74) is 1.15. The topological polar surface area (TPSA) is 53.6 Å². The van der Waals surface area contributed by atoms with Gasteiger partial charge in [-0.3, -0.25) is 4.79 Å². The Morgan fingerprint density at radius 3 is 2.54 bits per heavy atom. The maximum atomic E-state index is 12.6. The Labute approximate surface area is 149 Å². The molecular weight excluding hydrogens is 322 g/mol. The number of carbonyl (C=O) groups excluding carboxylic acids is 1. The number of hydrogen-bond donors (Lipinski definition) is 2. The summed E-state index contributed by atoms with van der Waals surface area (Å²) in [6, 6.07) is 7.98. The molecule has 2 N–H and O–H groups in total. The molecule has 0 radical (unpaired) electrons. The van der Waals surface area contributed by atoms with E-state index in [4.69, 9.17) is 17.0 Å². The Hall–Kier alpha value is -1.82. The molecule has 132 valence electrons. The van der Waals surface area contributed by atoms with Crippen molar-refractivity contribution in [1.82, 2.24) is 15.5 Å². The zero-order valence-electron chi connectivity index (χ0n) is 14.7. The quantitative estimate of drug-likeness (QED) is 0.771. The lowest BCUT2D eigenvalue weighted by Gasteiger charge is -2.19. The predicted molar refractivity (Wildman–Crippen MR) is 100 cm³/mol. The highest BCUT2D eigenvalue weighted by molar-refractivity contribution is 7.80. The van der Waals surface area contributed by atoms with Gasteiger partial charge in [-0.25, -0.2) is 0 Å². The fourth-order valence-corrected chi connectivity index (χ4v) is 3.36. The first-order valence-corrected chi connectivity index (χ1v) is 8.95. The molecule has 0 bridgehead atoms. The molecule has 6 heteroatoms. The molecule has 1 aliphatic rings. The Morgan fingerprint density at radius 1 is 1.25 bits per heavy atom. The summed E-state index contributed by atoms with van der Waals surface area (Å²) >= 11 is 5.45. The van der Waals surface area contributed by atoms with Crippen molar-refractivity contribution < 1.29 is 9.53 Å². The number of amides is 1. The standard InChI is InChI=1S/C18H27N3O2S/c1-4-10-20-17(22)16-12-21(18(24)19-5-2)11-15(16)13-6-8-14(23-3)9-7-13/h6-9,15-16H,4-5,10-12H2,1-3H3,(H,19,24)(H,20,22)/t15-,16-/m1/s1. The number of nitrogens with zero attached hydrogens (tertiary/aromatic N) is 1. The molecule has 1 aromatic carbocycles. The third kappa shape index (κ3) is 4.38. The van der Waals surface area contributed by atoms with Crippen LogP contribution >= 0.6 is 12.2 Å². The summed E-state index contributed by atoms with van der Waals surface area (Å²) in [6.07, 6.45) is 0.936. The van der Waals surface area contributed by atoms with Crippen LogP contribution in [-0.4, -0.2) is 49.2 Å². The SMILES string of the molecule is CCCNC(=O)[C@@H]1CN(C(=S)NCC)C[C@@H]1c1ccc(OC)cc1. The van der Waals surface area contributed by atoms with Crippen LogP contribution < -0.4 is 15.4 Å². The molecule has 5 nitrogen and oxygen atoms in total. The molecule has 0 aliphatic carbocycles. The highest BCUT2D eigenvalue weighted by Gasteiger charge is 2.39. The van der Waals surface area contributed by atoms with Gasteiger partial charge >= 0.3 is 0 Å². The minimum absolute atomic E-state index is 0.0958. The van der Waals surface area contributed by atoms with Crippen LogP contribution in [0.25, 0.3) is 0 Å². The molecule has 1 heterocycles. The molecule has 1 fully saturated rings. The number of methoxy groups -OCH3 is 1. The van der Waals surface area contributed by atoms with Gasteiger partial charge in [0.1, 0.15) is 5.75 Å².